The van der Waals surface area contributed by atoms with Gasteiger partial charge < -0.3 is 9.80 Å². The van der Waals surface area contributed by atoms with Gasteiger partial charge in [0.2, 0.25) is 0 Å². The second-order valence-corrected chi connectivity index (χ2v) is 7.81. The summed E-state index contributed by atoms with van der Waals surface area (Å²) < 4.78 is 0. The van der Waals surface area contributed by atoms with Crippen LogP contribution in [0.4, 0.5) is 0 Å². The first-order chi connectivity index (χ1) is 13.2. The summed E-state index contributed by atoms with van der Waals surface area (Å²) in [5.74, 6) is 0.173. The third-order valence-corrected chi connectivity index (χ3v) is 6.04. The normalized spacial score (nSPS) is 20.0. The highest BCUT2D eigenvalue weighted by atomic mass is 16.2. The van der Waals surface area contributed by atoms with Crippen molar-refractivity contribution in [3.05, 3.63) is 60.2 Å². The fraction of sp³-hybridized carbons (Fsp3) is 0.435. The highest BCUT2D eigenvalue weighted by Gasteiger charge is 2.28. The Morgan fingerprint density at radius 3 is 2.00 bits per heavy atom. The number of benzene rings is 2. The molecule has 0 N–H and O–H groups in total. The van der Waals surface area contributed by atoms with E-state index in [-0.39, 0.29) is 5.91 Å². The topological polar surface area (TPSA) is 26.8 Å². The standard InChI is InChI=1S/C23H29N3O/c1-24-15-17-25(18-16-24)22-11-13-26(14-12-22)23(27)21-9-7-20(8-10-21)19-5-3-2-4-6-19/h2-10,22H,11-18H2,1H3. The summed E-state index contributed by atoms with van der Waals surface area (Å²) in [6.07, 6.45) is 2.19. The summed E-state index contributed by atoms with van der Waals surface area (Å²) in [6, 6.07) is 19.0. The van der Waals surface area contributed by atoms with Gasteiger partial charge in [-0.05, 0) is 43.1 Å². The van der Waals surface area contributed by atoms with Crippen LogP contribution in [0.2, 0.25) is 0 Å². The molecule has 4 rings (SSSR count). The molecule has 0 bridgehead atoms. The van der Waals surface area contributed by atoms with Gasteiger partial charge in [0.1, 0.15) is 0 Å². The van der Waals surface area contributed by atoms with E-state index in [2.05, 4.69) is 41.1 Å². The Hall–Kier alpha value is -2.17. The molecule has 1 amide bonds. The molecular weight excluding hydrogens is 334 g/mol. The Balaban J connectivity index is 1.34. The highest BCUT2D eigenvalue weighted by Crippen LogP contribution is 2.22. The molecule has 0 atom stereocenters. The third-order valence-electron chi connectivity index (χ3n) is 6.04. The minimum absolute atomic E-state index is 0.173. The number of likely N-dealkylation sites (tertiary alicyclic amines) is 1. The maximum absolute atomic E-state index is 12.9. The lowest BCUT2D eigenvalue weighted by Gasteiger charge is -2.42. The number of carbonyl (C=O) groups excluding carboxylic acids is 1. The van der Waals surface area contributed by atoms with E-state index in [0.29, 0.717) is 6.04 Å². The van der Waals surface area contributed by atoms with Crippen LogP contribution in [0.15, 0.2) is 54.6 Å². The Morgan fingerprint density at radius 1 is 0.778 bits per heavy atom. The van der Waals surface area contributed by atoms with E-state index in [9.17, 15) is 4.79 Å². The van der Waals surface area contributed by atoms with Crippen LogP contribution in [0, 0.1) is 0 Å². The number of hydrogen-bond acceptors (Lipinski definition) is 3. The minimum atomic E-state index is 0.173. The van der Waals surface area contributed by atoms with E-state index in [0.717, 1.165) is 63.2 Å². The van der Waals surface area contributed by atoms with Gasteiger partial charge in [0.05, 0.1) is 0 Å². The fourth-order valence-corrected chi connectivity index (χ4v) is 4.24. The Morgan fingerprint density at radius 2 is 1.37 bits per heavy atom. The summed E-state index contributed by atoms with van der Waals surface area (Å²) in [6.45, 7) is 6.39. The molecule has 2 fully saturated rings. The minimum Gasteiger partial charge on any atom is -0.339 e. The molecule has 2 saturated heterocycles. The molecule has 0 aliphatic carbocycles. The summed E-state index contributed by atoms with van der Waals surface area (Å²) >= 11 is 0. The predicted molar refractivity (Wildman–Crippen MR) is 110 cm³/mol. The Bertz CT molecular complexity index is 743. The summed E-state index contributed by atoms with van der Waals surface area (Å²) in [4.78, 5) is 19.9. The van der Waals surface area contributed by atoms with Crippen LogP contribution in [0.25, 0.3) is 11.1 Å². The molecule has 0 aromatic heterocycles. The first-order valence-electron chi connectivity index (χ1n) is 10.1. The van der Waals surface area contributed by atoms with Crippen LogP contribution in [-0.2, 0) is 0 Å². The molecule has 2 aromatic carbocycles. The Kier molecular flexibility index (Phi) is 5.55. The van der Waals surface area contributed by atoms with Crippen LogP contribution in [0.3, 0.4) is 0 Å². The first-order valence-corrected chi connectivity index (χ1v) is 10.1. The molecular formula is C23H29N3O. The largest absolute Gasteiger partial charge is 0.339 e. The van der Waals surface area contributed by atoms with Crippen LogP contribution in [0.5, 0.6) is 0 Å². The zero-order valence-electron chi connectivity index (χ0n) is 16.2. The number of piperazine rings is 1. The van der Waals surface area contributed by atoms with Crippen molar-refractivity contribution in [1.82, 2.24) is 14.7 Å². The lowest BCUT2D eigenvalue weighted by Crippen LogP contribution is -2.52. The molecule has 27 heavy (non-hydrogen) atoms. The Labute approximate surface area is 162 Å². The van der Waals surface area contributed by atoms with Crippen molar-refractivity contribution in [2.24, 2.45) is 0 Å². The second-order valence-electron chi connectivity index (χ2n) is 7.81. The molecule has 2 aliphatic rings. The van der Waals surface area contributed by atoms with Crippen LogP contribution < -0.4 is 0 Å². The smallest absolute Gasteiger partial charge is 0.253 e. The summed E-state index contributed by atoms with van der Waals surface area (Å²) in [5.41, 5.74) is 3.14. The second kappa shape index (κ2) is 8.24. The lowest BCUT2D eigenvalue weighted by atomic mass is 10.0. The molecule has 0 unspecified atom stereocenters. The van der Waals surface area contributed by atoms with Crippen molar-refractivity contribution in [2.45, 2.75) is 18.9 Å². The van der Waals surface area contributed by atoms with E-state index in [4.69, 9.17) is 0 Å². The fourth-order valence-electron chi connectivity index (χ4n) is 4.24. The molecule has 4 heteroatoms. The number of amides is 1. The van der Waals surface area contributed by atoms with E-state index >= 15 is 0 Å². The number of piperidine rings is 1. The van der Waals surface area contributed by atoms with Crippen molar-refractivity contribution >= 4 is 5.91 Å². The molecule has 2 aliphatic heterocycles. The van der Waals surface area contributed by atoms with Gasteiger partial charge in [-0.25, -0.2) is 0 Å². The van der Waals surface area contributed by atoms with Crippen LogP contribution in [0.1, 0.15) is 23.2 Å². The molecule has 4 nitrogen and oxygen atoms in total. The van der Waals surface area contributed by atoms with Crippen molar-refractivity contribution in [3.8, 4) is 11.1 Å². The lowest BCUT2D eigenvalue weighted by molar-refractivity contribution is 0.0519. The van der Waals surface area contributed by atoms with Gasteiger partial charge in [-0.3, -0.25) is 9.69 Å². The van der Waals surface area contributed by atoms with Gasteiger partial charge >= 0.3 is 0 Å². The zero-order chi connectivity index (χ0) is 18.6. The molecule has 0 saturated carbocycles. The van der Waals surface area contributed by atoms with Gasteiger partial charge in [0.15, 0.2) is 0 Å². The maximum Gasteiger partial charge on any atom is 0.253 e. The van der Waals surface area contributed by atoms with Crippen molar-refractivity contribution in [2.75, 3.05) is 46.3 Å². The average Bonchev–Trinajstić information content (AvgIpc) is 2.75. The van der Waals surface area contributed by atoms with Gasteiger partial charge in [-0.15, -0.1) is 0 Å². The first kappa shape index (κ1) is 18.2. The van der Waals surface area contributed by atoms with E-state index < -0.39 is 0 Å². The van der Waals surface area contributed by atoms with Crippen molar-refractivity contribution < 1.29 is 4.79 Å². The quantitative estimate of drug-likeness (QED) is 0.838. The predicted octanol–water partition coefficient (Wildman–Crippen LogP) is 3.21. The zero-order valence-corrected chi connectivity index (χ0v) is 16.2. The number of likely N-dealkylation sites (N-methyl/N-ethyl adjacent to an activating group) is 1. The number of nitrogens with zero attached hydrogens (tertiary/aromatic N) is 3. The van der Waals surface area contributed by atoms with E-state index in [1.807, 2.05) is 35.2 Å². The molecule has 0 spiro atoms. The highest BCUT2D eigenvalue weighted by molar-refractivity contribution is 5.94. The number of carbonyl (C=O) groups is 1. The summed E-state index contributed by atoms with van der Waals surface area (Å²) in [7, 11) is 2.20. The van der Waals surface area contributed by atoms with E-state index in [1.54, 1.807) is 0 Å². The maximum atomic E-state index is 12.9. The van der Waals surface area contributed by atoms with Crippen molar-refractivity contribution in [1.29, 1.82) is 0 Å². The third kappa shape index (κ3) is 4.23. The SMILES string of the molecule is CN1CCN(C2CCN(C(=O)c3ccc(-c4ccccc4)cc3)CC2)CC1. The summed E-state index contributed by atoms with van der Waals surface area (Å²) in [5, 5.41) is 0. The van der Waals surface area contributed by atoms with E-state index in [1.165, 1.54) is 5.56 Å². The molecule has 2 heterocycles. The van der Waals surface area contributed by atoms with Crippen LogP contribution >= 0.6 is 0 Å². The van der Waals surface area contributed by atoms with Gasteiger partial charge in [0.25, 0.3) is 5.91 Å². The monoisotopic (exact) mass is 363 g/mol. The molecule has 142 valence electrons. The number of hydrogen-bond donors (Lipinski definition) is 0. The van der Waals surface area contributed by atoms with Gasteiger partial charge in [-0.2, -0.15) is 0 Å². The van der Waals surface area contributed by atoms with Crippen LogP contribution in [-0.4, -0.2) is 73.0 Å². The number of rotatable bonds is 3. The molecule has 2 aromatic rings. The van der Waals surface area contributed by atoms with Gasteiger partial charge in [-0.1, -0.05) is 42.5 Å². The van der Waals surface area contributed by atoms with Crippen molar-refractivity contribution in [3.63, 3.8) is 0 Å². The average molecular weight is 364 g/mol. The van der Waals surface area contributed by atoms with Gasteiger partial charge in [0, 0.05) is 50.9 Å². The molecule has 0 radical (unpaired) electrons.